The molecule has 2 saturated heterocycles. The number of nitrogens with one attached hydrogen (secondary N) is 1. The van der Waals surface area contributed by atoms with Crippen molar-refractivity contribution in [1.29, 1.82) is 5.26 Å². The Bertz CT molecular complexity index is 2480. The van der Waals surface area contributed by atoms with Gasteiger partial charge in [0.1, 0.15) is 40.5 Å². The summed E-state index contributed by atoms with van der Waals surface area (Å²) in [4.78, 5) is 31.9. The third-order valence-electron chi connectivity index (χ3n) is 10.4. The Balaban J connectivity index is 0.000000177. The van der Waals surface area contributed by atoms with E-state index in [0.29, 0.717) is 18.9 Å². The van der Waals surface area contributed by atoms with Crippen molar-refractivity contribution in [3.8, 4) is 28.7 Å². The number of carbonyl (C=O) groups excluding carboxylic acids is 1. The summed E-state index contributed by atoms with van der Waals surface area (Å²) in [6.07, 6.45) is -0.324. The number of carbonyl (C=O) groups is 1. The quantitative estimate of drug-likeness (QED) is 0.208. The second-order valence-corrected chi connectivity index (χ2v) is 14.4. The number of nitriles is 1. The second-order valence-electron chi connectivity index (χ2n) is 14.4. The summed E-state index contributed by atoms with van der Waals surface area (Å²) in [7, 11) is 3.49. The molecule has 58 heavy (non-hydrogen) atoms. The Labute approximate surface area is 332 Å². The summed E-state index contributed by atoms with van der Waals surface area (Å²) in [5.41, 5.74) is 4.44. The number of hydrogen-bond donors (Lipinski definition) is 2. The van der Waals surface area contributed by atoms with Crippen LogP contribution in [0.5, 0.6) is 0 Å². The third kappa shape index (κ3) is 7.80. The number of halogens is 3. The van der Waals surface area contributed by atoms with E-state index in [1.54, 1.807) is 30.5 Å². The summed E-state index contributed by atoms with van der Waals surface area (Å²) < 4.78 is 47.9. The van der Waals surface area contributed by atoms with Crippen LogP contribution in [0.2, 0.25) is 0 Å². The van der Waals surface area contributed by atoms with E-state index in [-0.39, 0.29) is 30.5 Å². The molecule has 1 aromatic carbocycles. The Morgan fingerprint density at radius 3 is 2.53 bits per heavy atom. The molecular weight excluding hydrogens is 752 g/mol. The lowest BCUT2D eigenvalue weighted by Crippen LogP contribution is -2.49. The number of hydrogen-bond acceptors (Lipinski definition) is 11. The number of pyridine rings is 3. The van der Waals surface area contributed by atoms with Crippen LogP contribution in [0.25, 0.3) is 33.5 Å². The molecule has 2 aliphatic rings. The average Bonchev–Trinajstić information content (AvgIpc) is 3.98. The number of H-pyrrole nitrogens is 1. The first kappa shape index (κ1) is 39.8. The number of fused-ring (bicyclic) bond motifs is 1. The molecule has 1 amide bonds. The van der Waals surface area contributed by atoms with Gasteiger partial charge in [-0.1, -0.05) is 12.1 Å². The molecule has 3 atom stereocenters. The number of aromatic amines is 1. The number of rotatable bonds is 6. The highest BCUT2D eigenvalue weighted by atomic mass is 19.4. The molecule has 7 heterocycles. The molecule has 14 nitrogen and oxygen atoms in total. The Hall–Kier alpha value is -6.38. The molecule has 5 aromatic heterocycles. The van der Waals surface area contributed by atoms with Gasteiger partial charge in [-0.3, -0.25) is 19.6 Å². The van der Waals surface area contributed by atoms with E-state index in [4.69, 9.17) is 9.72 Å². The molecular formula is C41H42F3N11O3. The summed E-state index contributed by atoms with van der Waals surface area (Å²) in [6, 6.07) is 16.8. The number of morpholine rings is 1. The zero-order valence-corrected chi connectivity index (χ0v) is 32.6. The van der Waals surface area contributed by atoms with Crippen LogP contribution in [0.15, 0.2) is 73.2 Å². The van der Waals surface area contributed by atoms with Crippen molar-refractivity contribution in [2.45, 2.75) is 51.6 Å². The molecule has 2 N–H and O–H groups in total. The number of aliphatic hydroxyl groups excluding tert-OH is 1. The first-order valence-corrected chi connectivity index (χ1v) is 18.7. The van der Waals surface area contributed by atoms with Gasteiger partial charge in [0.2, 0.25) is 0 Å². The summed E-state index contributed by atoms with van der Waals surface area (Å²) in [5.74, 6) is 0.192. The van der Waals surface area contributed by atoms with E-state index < -0.39 is 35.4 Å². The standard InChI is InChI=1S/C21H21F3N4O2.C20H21N7O/c1-12-5-4-6-14(9-12)27(3)20(30)18-17(29)7-8-28(18)19-15(11-25)16(21(22,23)24)10-13(2)26-19;1-13-12-28-10-9-27(13)18-11-15(17-5-8-23-26(17)2)14-3-6-21-20(19(14)24-18)16-4-7-22-25-16/h4-6,9-10,17-18,29H,7-8H2,1-3H3;3-8,11,13H,9-10,12H2,1-2H3,(H,22,25). The van der Waals surface area contributed by atoms with Crippen molar-refractivity contribution in [2.24, 2.45) is 7.05 Å². The van der Waals surface area contributed by atoms with Crippen molar-refractivity contribution in [2.75, 3.05) is 48.1 Å². The van der Waals surface area contributed by atoms with Gasteiger partial charge < -0.3 is 24.5 Å². The van der Waals surface area contributed by atoms with E-state index in [2.05, 4.69) is 43.2 Å². The molecule has 0 saturated carbocycles. The topological polar surface area (TPSA) is 165 Å². The number of ether oxygens (including phenoxy) is 1. The summed E-state index contributed by atoms with van der Waals surface area (Å²) in [6.45, 7) is 7.72. The molecule has 0 radical (unpaired) electrons. The van der Waals surface area contributed by atoms with Crippen LogP contribution >= 0.6 is 0 Å². The number of anilines is 3. The van der Waals surface area contributed by atoms with E-state index in [0.717, 1.165) is 57.5 Å². The lowest BCUT2D eigenvalue weighted by Gasteiger charge is -2.34. The first-order chi connectivity index (χ1) is 27.8. The summed E-state index contributed by atoms with van der Waals surface area (Å²) >= 11 is 0. The molecule has 0 bridgehead atoms. The van der Waals surface area contributed by atoms with Gasteiger partial charge in [-0.05, 0) is 75.2 Å². The van der Waals surface area contributed by atoms with Gasteiger partial charge in [-0.25, -0.2) is 9.97 Å². The van der Waals surface area contributed by atoms with Crippen LogP contribution in [-0.2, 0) is 22.8 Å². The van der Waals surface area contributed by atoms with Gasteiger partial charge in [0.25, 0.3) is 5.91 Å². The fourth-order valence-electron chi connectivity index (χ4n) is 7.46. The highest BCUT2D eigenvalue weighted by Crippen LogP contribution is 2.39. The molecule has 6 aromatic rings. The molecule has 0 aliphatic carbocycles. The van der Waals surface area contributed by atoms with Crippen molar-refractivity contribution in [3.63, 3.8) is 0 Å². The number of benzene rings is 1. The van der Waals surface area contributed by atoms with Gasteiger partial charge in [0.15, 0.2) is 0 Å². The normalized spacial score (nSPS) is 18.2. The number of aryl methyl sites for hydroxylation is 3. The SMILES string of the molecule is CC1COCCN1c1cc(-c2ccnn2C)c2ccnc(-c3ccn[nH]3)c2n1.Cc1cccc(N(C)C(=O)C2C(O)CCN2c2nc(C)cc(C(F)(F)F)c2C#N)c1. The minimum Gasteiger partial charge on any atom is -0.390 e. The van der Waals surface area contributed by atoms with Gasteiger partial charge in [0.05, 0.1) is 42.3 Å². The highest BCUT2D eigenvalue weighted by molar-refractivity contribution is 6.01. The minimum absolute atomic E-state index is 0.0657. The van der Waals surface area contributed by atoms with E-state index in [1.165, 1.54) is 23.8 Å². The lowest BCUT2D eigenvalue weighted by atomic mass is 10.0. The Kier molecular flexibility index (Phi) is 11.2. The smallest absolute Gasteiger partial charge is 0.390 e. The van der Waals surface area contributed by atoms with E-state index >= 15 is 0 Å². The zero-order chi connectivity index (χ0) is 41.3. The van der Waals surface area contributed by atoms with Crippen LogP contribution in [0.1, 0.15) is 35.7 Å². The number of amides is 1. The molecule has 8 rings (SSSR count). The third-order valence-corrected chi connectivity index (χ3v) is 10.4. The summed E-state index contributed by atoms with van der Waals surface area (Å²) in [5, 5.41) is 32.4. The fourth-order valence-corrected chi connectivity index (χ4v) is 7.46. The van der Waals surface area contributed by atoms with Crippen molar-refractivity contribution in [3.05, 3.63) is 95.6 Å². The van der Waals surface area contributed by atoms with Gasteiger partial charge in [0, 0.05) is 68.1 Å². The molecule has 300 valence electrons. The minimum atomic E-state index is -4.75. The predicted molar refractivity (Wildman–Crippen MR) is 212 cm³/mol. The van der Waals surface area contributed by atoms with Crippen LogP contribution in [0, 0.1) is 25.2 Å². The van der Waals surface area contributed by atoms with Gasteiger partial charge in [-0.2, -0.15) is 28.6 Å². The molecule has 17 heteroatoms. The monoisotopic (exact) mass is 793 g/mol. The zero-order valence-electron chi connectivity index (χ0n) is 32.6. The molecule has 3 unspecified atom stereocenters. The maximum atomic E-state index is 13.5. The number of aliphatic hydroxyl groups is 1. The Morgan fingerprint density at radius 1 is 1.05 bits per heavy atom. The van der Waals surface area contributed by atoms with Crippen LogP contribution in [0.4, 0.5) is 30.5 Å². The largest absolute Gasteiger partial charge is 0.417 e. The first-order valence-electron chi connectivity index (χ1n) is 18.7. The Morgan fingerprint density at radius 2 is 1.86 bits per heavy atom. The number of likely N-dealkylation sites (N-methyl/N-ethyl adjacent to an activating group) is 1. The fraction of sp³-hybridized carbons (Fsp3) is 0.341. The van der Waals surface area contributed by atoms with Gasteiger partial charge in [-0.15, -0.1) is 0 Å². The predicted octanol–water partition coefficient (Wildman–Crippen LogP) is 5.84. The lowest BCUT2D eigenvalue weighted by molar-refractivity contribution is -0.137. The molecule has 2 fully saturated rings. The van der Waals surface area contributed by atoms with Crippen LogP contribution in [0.3, 0.4) is 0 Å². The maximum absolute atomic E-state index is 13.5. The number of nitrogens with zero attached hydrogens (tertiary/aromatic N) is 10. The second kappa shape index (κ2) is 16.2. The highest BCUT2D eigenvalue weighted by Gasteiger charge is 2.44. The molecule has 0 spiro atoms. The number of alkyl halides is 3. The van der Waals surface area contributed by atoms with Crippen molar-refractivity contribution in [1.82, 2.24) is 34.9 Å². The number of aromatic nitrogens is 7. The maximum Gasteiger partial charge on any atom is 0.417 e. The van der Waals surface area contributed by atoms with Crippen molar-refractivity contribution < 1.29 is 27.8 Å². The molecule has 2 aliphatic heterocycles. The van der Waals surface area contributed by atoms with Crippen LogP contribution in [-0.4, -0.2) is 97.5 Å². The van der Waals surface area contributed by atoms with Gasteiger partial charge >= 0.3 is 6.18 Å². The van der Waals surface area contributed by atoms with E-state index in [9.17, 15) is 28.3 Å². The van der Waals surface area contributed by atoms with Crippen molar-refractivity contribution >= 4 is 34.1 Å². The van der Waals surface area contributed by atoms with E-state index in [1.807, 2.05) is 55.3 Å². The average molecular weight is 794 g/mol. The van der Waals surface area contributed by atoms with Crippen LogP contribution < -0.4 is 14.7 Å².